The molecule has 2 N–H and O–H groups in total. The molecule has 1 aromatic carbocycles. The molecule has 0 bridgehead atoms. The summed E-state index contributed by atoms with van der Waals surface area (Å²) in [6.07, 6.45) is 0.963. The normalized spacial score (nSPS) is 10.7. The maximum atomic E-state index is 11.8. The lowest BCUT2D eigenvalue weighted by Crippen LogP contribution is -2.36. The van der Waals surface area contributed by atoms with Crippen molar-refractivity contribution < 1.29 is 4.79 Å². The second-order valence-electron chi connectivity index (χ2n) is 5.86. The van der Waals surface area contributed by atoms with E-state index >= 15 is 0 Å². The molecule has 4 heteroatoms. The second-order valence-corrected chi connectivity index (χ2v) is 5.86. The highest BCUT2D eigenvalue weighted by Gasteiger charge is 2.10. The van der Waals surface area contributed by atoms with E-state index in [0.717, 1.165) is 31.7 Å². The van der Waals surface area contributed by atoms with E-state index in [-0.39, 0.29) is 5.91 Å². The van der Waals surface area contributed by atoms with Gasteiger partial charge < -0.3 is 15.5 Å². The Morgan fingerprint density at radius 1 is 1.29 bits per heavy atom. The van der Waals surface area contributed by atoms with Crippen LogP contribution >= 0.6 is 0 Å². The number of likely N-dealkylation sites (N-methyl/N-ethyl adjacent to an activating group) is 1. The summed E-state index contributed by atoms with van der Waals surface area (Å²) in [6, 6.07) is 8.24. The van der Waals surface area contributed by atoms with Crippen LogP contribution in [0.25, 0.3) is 0 Å². The molecule has 0 aliphatic carbocycles. The van der Waals surface area contributed by atoms with Crippen molar-refractivity contribution in [2.24, 2.45) is 5.92 Å². The van der Waals surface area contributed by atoms with Gasteiger partial charge in [0.1, 0.15) is 0 Å². The average Bonchev–Trinajstić information content (AvgIpc) is 2.45. The van der Waals surface area contributed by atoms with Crippen molar-refractivity contribution >= 4 is 11.6 Å². The molecule has 1 aromatic rings. The summed E-state index contributed by atoms with van der Waals surface area (Å²) in [5.41, 5.74) is 2.34. The van der Waals surface area contributed by atoms with E-state index < -0.39 is 0 Å². The predicted molar refractivity (Wildman–Crippen MR) is 89.6 cm³/mol. The van der Waals surface area contributed by atoms with Crippen LogP contribution in [0.5, 0.6) is 0 Å². The third kappa shape index (κ3) is 6.63. The molecule has 1 amide bonds. The molecule has 0 heterocycles. The smallest absolute Gasteiger partial charge is 0.239 e. The maximum Gasteiger partial charge on any atom is 0.239 e. The average molecular weight is 291 g/mol. The Hall–Kier alpha value is -1.55. The Balaban J connectivity index is 2.61. The standard InChI is InChI=1S/C17H29N3O/c1-5-10-19-17(21)13-20(4)16-9-7-6-8-15(16)12-18-11-14(2)3/h6-9,14,18H,5,10-13H2,1-4H3,(H,19,21). The minimum absolute atomic E-state index is 0.0734. The lowest BCUT2D eigenvalue weighted by atomic mass is 10.1. The van der Waals surface area contributed by atoms with E-state index in [1.807, 2.05) is 24.1 Å². The van der Waals surface area contributed by atoms with Gasteiger partial charge in [-0.05, 0) is 30.5 Å². The molecule has 0 aliphatic heterocycles. The summed E-state index contributed by atoms with van der Waals surface area (Å²) in [5.74, 6) is 0.707. The van der Waals surface area contributed by atoms with Crippen molar-refractivity contribution in [3.05, 3.63) is 29.8 Å². The molecule has 0 spiro atoms. The first-order valence-corrected chi connectivity index (χ1v) is 7.81. The number of nitrogens with zero attached hydrogens (tertiary/aromatic N) is 1. The minimum atomic E-state index is 0.0734. The highest BCUT2D eigenvalue weighted by Crippen LogP contribution is 2.18. The van der Waals surface area contributed by atoms with Gasteiger partial charge in [-0.3, -0.25) is 4.79 Å². The van der Waals surface area contributed by atoms with Crippen molar-refractivity contribution in [3.63, 3.8) is 0 Å². The van der Waals surface area contributed by atoms with Gasteiger partial charge in [0.05, 0.1) is 6.54 Å². The fourth-order valence-electron chi connectivity index (χ4n) is 2.15. The first-order chi connectivity index (χ1) is 10.0. The van der Waals surface area contributed by atoms with Gasteiger partial charge in [-0.25, -0.2) is 0 Å². The highest BCUT2D eigenvalue weighted by atomic mass is 16.2. The summed E-state index contributed by atoms with van der Waals surface area (Å²) >= 11 is 0. The SMILES string of the molecule is CCCNC(=O)CN(C)c1ccccc1CNCC(C)C. The molecule has 0 saturated heterocycles. The van der Waals surface area contributed by atoms with Crippen LogP contribution in [0.15, 0.2) is 24.3 Å². The van der Waals surface area contributed by atoms with Gasteiger partial charge in [0.2, 0.25) is 5.91 Å². The zero-order chi connectivity index (χ0) is 15.7. The van der Waals surface area contributed by atoms with E-state index in [0.29, 0.717) is 12.5 Å². The molecule has 4 nitrogen and oxygen atoms in total. The molecule has 118 valence electrons. The number of hydrogen-bond donors (Lipinski definition) is 2. The van der Waals surface area contributed by atoms with Crippen molar-refractivity contribution in [1.82, 2.24) is 10.6 Å². The van der Waals surface area contributed by atoms with E-state index in [4.69, 9.17) is 0 Å². The van der Waals surface area contributed by atoms with Crippen molar-refractivity contribution in [2.45, 2.75) is 33.7 Å². The second kappa shape index (κ2) is 9.40. The Bertz CT molecular complexity index is 432. The number of rotatable bonds is 9. The summed E-state index contributed by atoms with van der Waals surface area (Å²) < 4.78 is 0. The van der Waals surface area contributed by atoms with Gasteiger partial charge in [0.15, 0.2) is 0 Å². The van der Waals surface area contributed by atoms with Gasteiger partial charge in [-0.15, -0.1) is 0 Å². The fraction of sp³-hybridized carbons (Fsp3) is 0.588. The molecular weight excluding hydrogens is 262 g/mol. The van der Waals surface area contributed by atoms with E-state index in [1.165, 1.54) is 5.56 Å². The van der Waals surface area contributed by atoms with Crippen molar-refractivity contribution in [3.8, 4) is 0 Å². The lowest BCUT2D eigenvalue weighted by molar-refractivity contribution is -0.119. The number of carbonyl (C=O) groups is 1. The zero-order valence-electron chi connectivity index (χ0n) is 13.8. The molecular formula is C17H29N3O. The van der Waals surface area contributed by atoms with E-state index in [9.17, 15) is 4.79 Å². The number of hydrogen-bond acceptors (Lipinski definition) is 3. The summed E-state index contributed by atoms with van der Waals surface area (Å²) in [6.45, 7) is 9.40. The third-order valence-corrected chi connectivity index (χ3v) is 3.22. The Morgan fingerprint density at radius 2 is 2.00 bits per heavy atom. The van der Waals surface area contributed by atoms with Crippen LogP contribution in [0, 0.1) is 5.92 Å². The van der Waals surface area contributed by atoms with Gasteiger partial charge in [0.25, 0.3) is 0 Å². The number of nitrogens with one attached hydrogen (secondary N) is 2. The first-order valence-electron chi connectivity index (χ1n) is 7.81. The number of carbonyl (C=O) groups excluding carboxylic acids is 1. The number of para-hydroxylation sites is 1. The van der Waals surface area contributed by atoms with Crippen LogP contribution in [-0.4, -0.2) is 32.6 Å². The van der Waals surface area contributed by atoms with E-state index in [1.54, 1.807) is 0 Å². The highest BCUT2D eigenvalue weighted by molar-refractivity contribution is 5.81. The van der Waals surface area contributed by atoms with Gasteiger partial charge in [-0.2, -0.15) is 0 Å². The van der Waals surface area contributed by atoms with E-state index in [2.05, 4.69) is 43.5 Å². The molecule has 0 saturated carbocycles. The molecule has 0 aromatic heterocycles. The van der Waals surface area contributed by atoms with Crippen molar-refractivity contribution in [1.29, 1.82) is 0 Å². The summed E-state index contributed by atoms with van der Waals surface area (Å²) in [7, 11) is 1.97. The quantitative estimate of drug-likeness (QED) is 0.734. The molecule has 0 radical (unpaired) electrons. The molecule has 21 heavy (non-hydrogen) atoms. The fourth-order valence-corrected chi connectivity index (χ4v) is 2.15. The third-order valence-electron chi connectivity index (χ3n) is 3.22. The van der Waals surface area contributed by atoms with Crippen molar-refractivity contribution in [2.75, 3.05) is 31.6 Å². The van der Waals surface area contributed by atoms with Crippen LogP contribution in [0.2, 0.25) is 0 Å². The minimum Gasteiger partial charge on any atom is -0.365 e. The van der Waals surface area contributed by atoms with Gasteiger partial charge >= 0.3 is 0 Å². The van der Waals surface area contributed by atoms with Crippen LogP contribution < -0.4 is 15.5 Å². The van der Waals surface area contributed by atoms with Crippen LogP contribution in [-0.2, 0) is 11.3 Å². The Labute approximate surface area is 128 Å². The number of benzene rings is 1. The van der Waals surface area contributed by atoms with Crippen LogP contribution in [0.1, 0.15) is 32.8 Å². The predicted octanol–water partition coefficient (Wildman–Crippen LogP) is 2.39. The monoisotopic (exact) mass is 291 g/mol. The number of anilines is 1. The Kier molecular flexibility index (Phi) is 7.83. The maximum absolute atomic E-state index is 11.8. The largest absolute Gasteiger partial charge is 0.365 e. The Morgan fingerprint density at radius 3 is 2.67 bits per heavy atom. The molecule has 0 atom stereocenters. The number of amides is 1. The van der Waals surface area contributed by atoms with Gasteiger partial charge in [0, 0.05) is 25.8 Å². The summed E-state index contributed by atoms with van der Waals surface area (Å²) in [5, 5.41) is 6.37. The molecule has 0 fully saturated rings. The van der Waals surface area contributed by atoms with Gasteiger partial charge in [-0.1, -0.05) is 39.0 Å². The molecule has 0 aliphatic rings. The topological polar surface area (TPSA) is 44.4 Å². The lowest BCUT2D eigenvalue weighted by Gasteiger charge is -2.22. The zero-order valence-corrected chi connectivity index (χ0v) is 13.8. The van der Waals surface area contributed by atoms with Crippen LogP contribution in [0.3, 0.4) is 0 Å². The summed E-state index contributed by atoms with van der Waals surface area (Å²) in [4.78, 5) is 13.8. The van der Waals surface area contributed by atoms with Crippen LogP contribution in [0.4, 0.5) is 5.69 Å². The first kappa shape index (κ1) is 17.5. The molecule has 1 rings (SSSR count). The molecule has 0 unspecified atom stereocenters.